The molecule has 0 fully saturated rings. The zero-order chi connectivity index (χ0) is 4.41. The molecule has 0 aliphatic heterocycles. The second-order valence-electron chi connectivity index (χ2n) is 1.83. The summed E-state index contributed by atoms with van der Waals surface area (Å²) in [6.45, 7) is 2.22. The van der Waals surface area contributed by atoms with Crippen LogP contribution in [0.4, 0.5) is 0 Å². The minimum atomic E-state index is 0.810. The van der Waals surface area contributed by atoms with E-state index in [-0.39, 0.29) is 0 Å². The van der Waals surface area contributed by atoms with E-state index < -0.39 is 0 Å². The van der Waals surface area contributed by atoms with Gasteiger partial charge in [-0.1, -0.05) is 19.1 Å². The molecule has 33 valence electrons. The molecule has 6 heavy (non-hydrogen) atoms. The van der Waals surface area contributed by atoms with Gasteiger partial charge in [0.05, 0.1) is 0 Å². The molecule has 1 aliphatic rings. The van der Waals surface area contributed by atoms with E-state index in [1.54, 1.807) is 0 Å². The normalized spacial score (nSPS) is 22.8. The third-order valence-electron chi connectivity index (χ3n) is 1.08. The summed E-state index contributed by atoms with van der Waals surface area (Å²) < 4.78 is 0. The first-order chi connectivity index (χ1) is 2.89. The standard InChI is InChI=1S/C6H9/c1-6-4-2-3-5-6/h2-4,6H,5H2,1H3. The Morgan fingerprint density at radius 3 is 2.67 bits per heavy atom. The third kappa shape index (κ3) is 0.618. The Hall–Kier alpha value is -0.260. The molecule has 0 aromatic carbocycles. The van der Waals surface area contributed by atoms with Gasteiger partial charge < -0.3 is 0 Å². The van der Waals surface area contributed by atoms with E-state index in [9.17, 15) is 0 Å². The van der Waals surface area contributed by atoms with Crippen LogP contribution in [-0.2, 0) is 0 Å². The first-order valence-corrected chi connectivity index (χ1v) is 2.39. The van der Waals surface area contributed by atoms with Gasteiger partial charge in [0.1, 0.15) is 0 Å². The van der Waals surface area contributed by atoms with Gasteiger partial charge in [-0.2, -0.15) is 0 Å². The monoisotopic (exact) mass is 81.1 g/mol. The zero-order valence-electron chi connectivity index (χ0n) is 4.02. The maximum absolute atomic E-state index is 2.22. The molecule has 1 aliphatic carbocycles. The van der Waals surface area contributed by atoms with Crippen molar-refractivity contribution < 1.29 is 0 Å². The van der Waals surface area contributed by atoms with Crippen LogP contribution in [0.2, 0.25) is 0 Å². The number of allylic oxidation sites excluding steroid dienone is 2. The Balaban J connectivity index is 2.32. The molecule has 1 unspecified atom stereocenters. The second-order valence-corrected chi connectivity index (χ2v) is 1.83. The SMILES string of the molecule is CC1[CH]C=CC1. The Labute approximate surface area is 38.9 Å². The molecule has 0 spiro atoms. The van der Waals surface area contributed by atoms with Crippen molar-refractivity contribution in [3.05, 3.63) is 18.6 Å². The van der Waals surface area contributed by atoms with Gasteiger partial charge in [-0.3, -0.25) is 0 Å². The van der Waals surface area contributed by atoms with Crippen molar-refractivity contribution in [2.45, 2.75) is 13.3 Å². The van der Waals surface area contributed by atoms with E-state index in [4.69, 9.17) is 0 Å². The summed E-state index contributed by atoms with van der Waals surface area (Å²) in [5.41, 5.74) is 0. The maximum Gasteiger partial charge on any atom is -0.0139 e. The molecule has 0 saturated carbocycles. The molecule has 0 N–H and O–H groups in total. The van der Waals surface area contributed by atoms with E-state index in [0.29, 0.717) is 0 Å². The average Bonchev–Trinajstić information content (AvgIpc) is 1.86. The molecule has 0 heterocycles. The largest absolute Gasteiger partial charge is 0.0879 e. The van der Waals surface area contributed by atoms with Crippen LogP contribution in [0.5, 0.6) is 0 Å². The fraction of sp³-hybridized carbons (Fsp3) is 0.500. The Kier molecular flexibility index (Phi) is 0.952. The highest BCUT2D eigenvalue weighted by molar-refractivity contribution is 5.05. The van der Waals surface area contributed by atoms with Crippen molar-refractivity contribution in [1.82, 2.24) is 0 Å². The van der Waals surface area contributed by atoms with Gasteiger partial charge in [0.2, 0.25) is 0 Å². The van der Waals surface area contributed by atoms with Crippen LogP contribution in [0.25, 0.3) is 0 Å². The van der Waals surface area contributed by atoms with Crippen molar-refractivity contribution in [3.63, 3.8) is 0 Å². The van der Waals surface area contributed by atoms with Gasteiger partial charge in [-0.15, -0.1) is 0 Å². The molecule has 0 heteroatoms. The first kappa shape index (κ1) is 3.91. The minimum Gasteiger partial charge on any atom is -0.0879 e. The molecule has 0 aromatic heterocycles. The zero-order valence-corrected chi connectivity index (χ0v) is 4.02. The first-order valence-electron chi connectivity index (χ1n) is 2.39. The molecule has 1 atom stereocenters. The highest BCUT2D eigenvalue weighted by atomic mass is 14.1. The fourth-order valence-corrected chi connectivity index (χ4v) is 0.640. The molecular weight excluding hydrogens is 72.1 g/mol. The molecule has 0 aromatic rings. The summed E-state index contributed by atoms with van der Waals surface area (Å²) in [6.07, 6.45) is 7.80. The molecule has 0 nitrogen and oxygen atoms in total. The van der Waals surface area contributed by atoms with E-state index in [0.717, 1.165) is 5.92 Å². The highest BCUT2D eigenvalue weighted by Gasteiger charge is 2.00. The number of hydrogen-bond acceptors (Lipinski definition) is 0. The van der Waals surface area contributed by atoms with Crippen LogP contribution in [0.1, 0.15) is 13.3 Å². The molecule has 0 saturated heterocycles. The Bertz CT molecular complexity index is 54.4. The predicted octanol–water partition coefficient (Wildman–Crippen LogP) is 1.79. The van der Waals surface area contributed by atoms with Crippen molar-refractivity contribution in [3.8, 4) is 0 Å². The van der Waals surface area contributed by atoms with Gasteiger partial charge >= 0.3 is 0 Å². The topological polar surface area (TPSA) is 0 Å². The quantitative estimate of drug-likeness (QED) is 0.417. The highest BCUT2D eigenvalue weighted by Crippen LogP contribution is 2.13. The van der Waals surface area contributed by atoms with Crippen LogP contribution < -0.4 is 0 Å². The summed E-state index contributed by atoms with van der Waals surface area (Å²) in [5, 5.41) is 0. The number of hydrogen-bond donors (Lipinski definition) is 0. The summed E-state index contributed by atoms with van der Waals surface area (Å²) >= 11 is 0. The van der Waals surface area contributed by atoms with Crippen LogP contribution in [0.3, 0.4) is 0 Å². The van der Waals surface area contributed by atoms with Crippen LogP contribution >= 0.6 is 0 Å². The van der Waals surface area contributed by atoms with Gasteiger partial charge in [-0.25, -0.2) is 0 Å². The lowest BCUT2D eigenvalue weighted by Crippen LogP contribution is -1.81. The smallest absolute Gasteiger partial charge is 0.0139 e. The summed E-state index contributed by atoms with van der Waals surface area (Å²) in [5.74, 6) is 0.810. The Morgan fingerprint density at radius 1 is 1.67 bits per heavy atom. The van der Waals surface area contributed by atoms with Crippen molar-refractivity contribution in [2.75, 3.05) is 0 Å². The molecule has 0 amide bonds. The Morgan fingerprint density at radius 2 is 2.50 bits per heavy atom. The van der Waals surface area contributed by atoms with Crippen LogP contribution in [0, 0.1) is 12.3 Å². The third-order valence-corrected chi connectivity index (χ3v) is 1.08. The molecule has 1 radical (unpaired) electrons. The van der Waals surface area contributed by atoms with Gasteiger partial charge in [0, 0.05) is 0 Å². The summed E-state index contributed by atoms with van der Waals surface area (Å²) in [4.78, 5) is 0. The average molecular weight is 81.1 g/mol. The lowest BCUT2D eigenvalue weighted by atomic mass is 10.1. The molecular formula is C6H9. The fourth-order valence-electron chi connectivity index (χ4n) is 0.640. The number of rotatable bonds is 0. The van der Waals surface area contributed by atoms with Crippen molar-refractivity contribution >= 4 is 0 Å². The van der Waals surface area contributed by atoms with E-state index in [1.165, 1.54) is 6.42 Å². The van der Waals surface area contributed by atoms with Gasteiger partial charge in [0.25, 0.3) is 0 Å². The van der Waals surface area contributed by atoms with Gasteiger partial charge in [-0.05, 0) is 18.8 Å². The van der Waals surface area contributed by atoms with E-state index in [1.807, 2.05) is 0 Å². The van der Waals surface area contributed by atoms with E-state index in [2.05, 4.69) is 25.5 Å². The summed E-state index contributed by atoms with van der Waals surface area (Å²) in [6, 6.07) is 0. The molecule has 1 rings (SSSR count). The van der Waals surface area contributed by atoms with E-state index >= 15 is 0 Å². The predicted molar refractivity (Wildman–Crippen MR) is 27.2 cm³/mol. The van der Waals surface area contributed by atoms with Crippen molar-refractivity contribution in [2.24, 2.45) is 5.92 Å². The minimum absolute atomic E-state index is 0.810. The lowest BCUT2D eigenvalue weighted by Gasteiger charge is -1.91. The lowest BCUT2D eigenvalue weighted by molar-refractivity contribution is 0.737. The van der Waals surface area contributed by atoms with Crippen LogP contribution in [0.15, 0.2) is 12.2 Å². The summed E-state index contributed by atoms with van der Waals surface area (Å²) in [7, 11) is 0. The van der Waals surface area contributed by atoms with Crippen LogP contribution in [-0.4, -0.2) is 0 Å². The van der Waals surface area contributed by atoms with Gasteiger partial charge in [0.15, 0.2) is 0 Å². The van der Waals surface area contributed by atoms with Crippen molar-refractivity contribution in [1.29, 1.82) is 0 Å². The molecule has 0 bridgehead atoms. The maximum atomic E-state index is 2.22. The second kappa shape index (κ2) is 1.46.